The second-order valence-electron chi connectivity index (χ2n) is 5.40. The van der Waals surface area contributed by atoms with E-state index in [0.29, 0.717) is 23.8 Å². The maximum Gasteiger partial charge on any atom is 0.362 e. The minimum absolute atomic E-state index is 0.277. The van der Waals surface area contributed by atoms with Crippen LogP contribution < -0.4 is 11.1 Å². The van der Waals surface area contributed by atoms with Crippen molar-refractivity contribution in [2.45, 2.75) is 19.9 Å². The largest absolute Gasteiger partial charge is 0.362 e. The Kier molecular flexibility index (Phi) is 4.48. The first-order valence-corrected chi connectivity index (χ1v) is 7.70. The van der Waals surface area contributed by atoms with Crippen LogP contribution in [0.15, 0.2) is 53.3 Å². The Labute approximate surface area is 138 Å². The second kappa shape index (κ2) is 6.71. The third kappa shape index (κ3) is 3.81. The van der Waals surface area contributed by atoms with Crippen LogP contribution in [0, 0.1) is 6.92 Å². The zero-order chi connectivity index (χ0) is 16.2. The Bertz CT molecular complexity index is 834. The summed E-state index contributed by atoms with van der Waals surface area (Å²) in [5.41, 5.74) is 6.18. The first kappa shape index (κ1) is 15.4. The van der Waals surface area contributed by atoms with E-state index in [9.17, 15) is 4.79 Å². The molecule has 0 bridgehead atoms. The van der Waals surface area contributed by atoms with E-state index in [0.717, 1.165) is 11.1 Å². The summed E-state index contributed by atoms with van der Waals surface area (Å²) in [7, 11) is 0. The molecule has 118 valence electrons. The van der Waals surface area contributed by atoms with Crippen LogP contribution in [0.1, 0.15) is 22.5 Å². The van der Waals surface area contributed by atoms with Crippen molar-refractivity contribution in [3.8, 4) is 0 Å². The first-order chi connectivity index (χ1) is 11.1. The van der Waals surface area contributed by atoms with Gasteiger partial charge in [-0.05, 0) is 30.2 Å². The second-order valence-corrected chi connectivity index (χ2v) is 5.84. The van der Waals surface area contributed by atoms with E-state index in [2.05, 4.69) is 15.6 Å². The van der Waals surface area contributed by atoms with Crippen molar-refractivity contribution in [3.63, 3.8) is 0 Å². The van der Waals surface area contributed by atoms with Gasteiger partial charge in [-0.1, -0.05) is 53.6 Å². The molecule has 0 aliphatic heterocycles. The van der Waals surface area contributed by atoms with Crippen LogP contribution in [0.4, 0.5) is 0 Å². The molecule has 3 rings (SSSR count). The molecule has 2 aromatic carbocycles. The van der Waals surface area contributed by atoms with Crippen LogP contribution in [-0.4, -0.2) is 14.9 Å². The first-order valence-electron chi connectivity index (χ1n) is 7.32. The number of hydrogen-bond donors (Lipinski definition) is 2. The average molecular weight is 329 g/mol. The Balaban J connectivity index is 1.74. The molecule has 0 unspecified atom stereocenters. The van der Waals surface area contributed by atoms with E-state index in [4.69, 9.17) is 11.6 Å². The van der Waals surface area contributed by atoms with E-state index in [-0.39, 0.29) is 5.69 Å². The van der Waals surface area contributed by atoms with Crippen molar-refractivity contribution in [3.05, 3.63) is 86.6 Å². The lowest BCUT2D eigenvalue weighted by Crippen LogP contribution is -2.28. The molecule has 2 N–H and O–H groups in total. The SMILES string of the molecule is Cc1ccc(CNn2c(Cc3ccc(Cl)cc3)n[nH]c2=O)cc1. The lowest BCUT2D eigenvalue weighted by Gasteiger charge is -2.09. The van der Waals surface area contributed by atoms with Crippen LogP contribution in [0.2, 0.25) is 5.02 Å². The topological polar surface area (TPSA) is 62.7 Å². The Morgan fingerprint density at radius 2 is 1.74 bits per heavy atom. The molecule has 0 aliphatic rings. The van der Waals surface area contributed by atoms with Crippen molar-refractivity contribution in [1.29, 1.82) is 0 Å². The summed E-state index contributed by atoms with van der Waals surface area (Å²) in [6.45, 7) is 2.59. The smallest absolute Gasteiger partial charge is 0.316 e. The molecular formula is C17H17ClN4O. The molecule has 0 atom stereocenters. The van der Waals surface area contributed by atoms with Gasteiger partial charge in [-0.2, -0.15) is 9.77 Å². The van der Waals surface area contributed by atoms with Gasteiger partial charge in [0, 0.05) is 11.4 Å². The van der Waals surface area contributed by atoms with E-state index in [1.165, 1.54) is 10.2 Å². The van der Waals surface area contributed by atoms with E-state index < -0.39 is 0 Å². The minimum Gasteiger partial charge on any atom is -0.316 e. The number of hydrogen-bond acceptors (Lipinski definition) is 3. The minimum atomic E-state index is -0.277. The molecule has 0 aliphatic carbocycles. The number of nitrogens with zero attached hydrogens (tertiary/aromatic N) is 2. The maximum absolute atomic E-state index is 11.9. The highest BCUT2D eigenvalue weighted by Crippen LogP contribution is 2.12. The number of rotatable bonds is 5. The number of aromatic nitrogens is 3. The molecule has 0 amide bonds. The van der Waals surface area contributed by atoms with Gasteiger partial charge >= 0.3 is 5.69 Å². The number of H-pyrrole nitrogens is 1. The molecule has 23 heavy (non-hydrogen) atoms. The van der Waals surface area contributed by atoms with Crippen LogP contribution in [0.5, 0.6) is 0 Å². The fourth-order valence-corrected chi connectivity index (χ4v) is 2.40. The van der Waals surface area contributed by atoms with Gasteiger partial charge in [0.1, 0.15) is 0 Å². The van der Waals surface area contributed by atoms with Gasteiger partial charge in [-0.25, -0.2) is 9.89 Å². The molecular weight excluding hydrogens is 312 g/mol. The lowest BCUT2D eigenvalue weighted by atomic mass is 10.1. The number of aromatic amines is 1. The van der Waals surface area contributed by atoms with Crippen LogP contribution >= 0.6 is 11.6 Å². The molecule has 0 saturated carbocycles. The summed E-state index contributed by atoms with van der Waals surface area (Å²) in [6, 6.07) is 15.7. The van der Waals surface area contributed by atoms with Crippen molar-refractivity contribution >= 4 is 11.6 Å². The van der Waals surface area contributed by atoms with Crippen molar-refractivity contribution in [1.82, 2.24) is 14.9 Å². The number of benzene rings is 2. The molecule has 0 radical (unpaired) electrons. The molecule has 6 heteroatoms. The molecule has 0 fully saturated rings. The van der Waals surface area contributed by atoms with Gasteiger partial charge in [0.2, 0.25) is 0 Å². The number of aryl methyl sites for hydroxylation is 1. The van der Waals surface area contributed by atoms with Gasteiger partial charge < -0.3 is 5.43 Å². The Morgan fingerprint density at radius 3 is 2.43 bits per heavy atom. The summed E-state index contributed by atoms with van der Waals surface area (Å²) in [5, 5.41) is 7.26. The fraction of sp³-hybridized carbons (Fsp3) is 0.176. The molecule has 5 nitrogen and oxygen atoms in total. The zero-order valence-corrected chi connectivity index (χ0v) is 13.5. The highest BCUT2D eigenvalue weighted by molar-refractivity contribution is 6.30. The van der Waals surface area contributed by atoms with Gasteiger partial charge in [0.25, 0.3) is 0 Å². The van der Waals surface area contributed by atoms with Crippen LogP contribution in [-0.2, 0) is 13.0 Å². The zero-order valence-electron chi connectivity index (χ0n) is 12.7. The molecule has 0 saturated heterocycles. The average Bonchev–Trinajstić information content (AvgIpc) is 2.89. The van der Waals surface area contributed by atoms with Crippen LogP contribution in [0.3, 0.4) is 0 Å². The molecule has 3 aromatic rings. The molecule has 1 aromatic heterocycles. The van der Waals surface area contributed by atoms with E-state index in [1.807, 2.05) is 55.5 Å². The summed E-state index contributed by atoms with van der Waals surface area (Å²) < 4.78 is 1.45. The van der Waals surface area contributed by atoms with E-state index >= 15 is 0 Å². The van der Waals surface area contributed by atoms with E-state index in [1.54, 1.807) is 0 Å². The standard InChI is InChI=1S/C17H17ClN4O/c1-12-2-4-14(5-3-12)11-19-22-16(20-21-17(22)23)10-13-6-8-15(18)9-7-13/h2-9,19H,10-11H2,1H3,(H,21,23). The van der Waals surface area contributed by atoms with Gasteiger partial charge in [0.05, 0.1) is 6.54 Å². The van der Waals surface area contributed by atoms with Crippen molar-refractivity contribution < 1.29 is 0 Å². The predicted molar refractivity (Wildman–Crippen MR) is 91.3 cm³/mol. The van der Waals surface area contributed by atoms with Crippen molar-refractivity contribution in [2.24, 2.45) is 0 Å². The van der Waals surface area contributed by atoms with Crippen molar-refractivity contribution in [2.75, 3.05) is 5.43 Å². The highest BCUT2D eigenvalue weighted by atomic mass is 35.5. The summed E-state index contributed by atoms with van der Waals surface area (Å²) in [6.07, 6.45) is 0.538. The van der Waals surface area contributed by atoms with Crippen LogP contribution in [0.25, 0.3) is 0 Å². The van der Waals surface area contributed by atoms with Gasteiger partial charge in [-0.15, -0.1) is 0 Å². The maximum atomic E-state index is 11.9. The Morgan fingerprint density at radius 1 is 1.09 bits per heavy atom. The summed E-state index contributed by atoms with van der Waals surface area (Å²) in [5.74, 6) is 0.629. The monoisotopic (exact) mass is 328 g/mol. The molecule has 0 spiro atoms. The van der Waals surface area contributed by atoms with Gasteiger partial charge in [0.15, 0.2) is 5.82 Å². The third-order valence-corrected chi connectivity index (χ3v) is 3.83. The summed E-state index contributed by atoms with van der Waals surface area (Å²) >= 11 is 5.89. The highest BCUT2D eigenvalue weighted by Gasteiger charge is 2.09. The normalized spacial score (nSPS) is 10.7. The third-order valence-electron chi connectivity index (χ3n) is 3.58. The number of nitrogens with one attached hydrogen (secondary N) is 2. The Hall–Kier alpha value is -2.53. The predicted octanol–water partition coefficient (Wildman–Crippen LogP) is 2.87. The summed E-state index contributed by atoms with van der Waals surface area (Å²) in [4.78, 5) is 11.9. The fourth-order valence-electron chi connectivity index (χ4n) is 2.27. The quantitative estimate of drug-likeness (QED) is 0.757. The molecule has 1 heterocycles. The van der Waals surface area contributed by atoms with Gasteiger partial charge in [-0.3, -0.25) is 0 Å². The number of halogens is 1. The lowest BCUT2D eigenvalue weighted by molar-refractivity contribution is 0.758.